The van der Waals surface area contributed by atoms with Crippen LogP contribution in [0.4, 0.5) is 13.2 Å². The fourth-order valence-electron chi connectivity index (χ4n) is 2.70. The second-order valence-corrected chi connectivity index (χ2v) is 6.84. The smallest absolute Gasteiger partial charge is 0.398 e. The van der Waals surface area contributed by atoms with E-state index in [2.05, 4.69) is 15.9 Å². The third-order valence-corrected chi connectivity index (χ3v) is 5.20. The first-order chi connectivity index (χ1) is 8.70. The number of phenols is 1. The van der Waals surface area contributed by atoms with Crippen LogP contribution in [0.25, 0.3) is 0 Å². The minimum Gasteiger partial charge on any atom is -0.508 e. The summed E-state index contributed by atoms with van der Waals surface area (Å²) in [4.78, 5) is 0. The van der Waals surface area contributed by atoms with Crippen molar-refractivity contribution in [1.29, 1.82) is 0 Å². The highest BCUT2D eigenvalue weighted by Gasteiger charge is 2.65. The van der Waals surface area contributed by atoms with Gasteiger partial charge < -0.3 is 5.11 Å². The molecule has 2 saturated carbocycles. The Morgan fingerprint density at radius 2 is 1.68 bits per heavy atom. The maximum absolute atomic E-state index is 13.2. The van der Waals surface area contributed by atoms with Crippen molar-refractivity contribution in [3.8, 4) is 5.75 Å². The summed E-state index contributed by atoms with van der Waals surface area (Å²) < 4.78 is 40.3. The second kappa shape index (κ2) is 3.68. The van der Waals surface area contributed by atoms with Crippen LogP contribution in [0, 0.1) is 0 Å². The fourth-order valence-corrected chi connectivity index (χ4v) is 3.51. The zero-order valence-electron chi connectivity index (χ0n) is 10.4. The van der Waals surface area contributed by atoms with E-state index in [-0.39, 0.29) is 29.6 Å². The first kappa shape index (κ1) is 13.3. The van der Waals surface area contributed by atoms with Crippen molar-refractivity contribution >= 4 is 15.9 Å². The topological polar surface area (TPSA) is 20.2 Å². The molecular weight excluding hydrogens is 321 g/mol. The Bertz CT molecular complexity index is 542. The maximum Gasteiger partial charge on any atom is 0.398 e. The largest absolute Gasteiger partial charge is 0.508 e. The molecule has 0 saturated heterocycles. The first-order valence-electron chi connectivity index (χ1n) is 6.30. The number of alkyl halides is 3. The van der Waals surface area contributed by atoms with E-state index in [4.69, 9.17) is 0 Å². The number of benzene rings is 1. The van der Waals surface area contributed by atoms with E-state index in [1.807, 2.05) is 6.92 Å². The molecule has 0 radical (unpaired) electrons. The van der Waals surface area contributed by atoms with E-state index in [1.54, 1.807) is 6.07 Å². The van der Waals surface area contributed by atoms with Gasteiger partial charge in [-0.25, -0.2) is 0 Å². The molecule has 2 aliphatic carbocycles. The van der Waals surface area contributed by atoms with Crippen molar-refractivity contribution in [3.63, 3.8) is 0 Å². The van der Waals surface area contributed by atoms with Crippen LogP contribution in [0.15, 0.2) is 16.6 Å². The molecule has 104 valence electrons. The van der Waals surface area contributed by atoms with Crippen molar-refractivity contribution in [2.24, 2.45) is 0 Å². The monoisotopic (exact) mass is 334 g/mol. The fraction of sp³-hybridized carbons (Fsp3) is 0.571. The Morgan fingerprint density at radius 3 is 2.11 bits per heavy atom. The summed E-state index contributed by atoms with van der Waals surface area (Å²) in [7, 11) is 0. The Kier molecular flexibility index (Phi) is 2.58. The van der Waals surface area contributed by atoms with Gasteiger partial charge in [-0.2, -0.15) is 13.2 Å². The molecule has 2 fully saturated rings. The number of rotatable bonds is 2. The molecule has 0 spiro atoms. The molecule has 0 heterocycles. The van der Waals surface area contributed by atoms with E-state index >= 15 is 0 Å². The van der Waals surface area contributed by atoms with Crippen LogP contribution in [0.1, 0.15) is 43.7 Å². The van der Waals surface area contributed by atoms with Gasteiger partial charge in [0.15, 0.2) is 0 Å². The molecule has 0 aromatic heterocycles. The molecule has 1 aromatic rings. The van der Waals surface area contributed by atoms with Crippen molar-refractivity contribution in [2.45, 2.75) is 49.6 Å². The normalized spacial score (nSPS) is 23.2. The van der Waals surface area contributed by atoms with Gasteiger partial charge in [-0.3, -0.25) is 0 Å². The SMILES string of the molecule is CC1(c2cc(C3(C(F)(F)F)CC3)c(O)cc2Br)CC1. The molecule has 1 nitrogen and oxygen atoms in total. The molecule has 19 heavy (non-hydrogen) atoms. The Balaban J connectivity index is 2.13. The maximum atomic E-state index is 13.2. The van der Waals surface area contributed by atoms with Crippen molar-refractivity contribution < 1.29 is 18.3 Å². The molecular formula is C14H14BrF3O. The van der Waals surface area contributed by atoms with Crippen molar-refractivity contribution in [1.82, 2.24) is 0 Å². The van der Waals surface area contributed by atoms with Crippen LogP contribution in [-0.2, 0) is 10.8 Å². The van der Waals surface area contributed by atoms with Gasteiger partial charge >= 0.3 is 6.18 Å². The van der Waals surface area contributed by atoms with Crippen molar-refractivity contribution in [2.75, 3.05) is 0 Å². The predicted octanol–water partition coefficient (Wildman–Crippen LogP) is 4.80. The van der Waals surface area contributed by atoms with E-state index in [0.717, 1.165) is 18.4 Å². The lowest BCUT2D eigenvalue weighted by molar-refractivity contribution is -0.161. The van der Waals surface area contributed by atoms with Crippen LogP contribution in [0.3, 0.4) is 0 Å². The Labute approximate surface area is 117 Å². The van der Waals surface area contributed by atoms with Gasteiger partial charge in [0.05, 0.1) is 5.41 Å². The third kappa shape index (κ3) is 1.89. The Hall–Kier alpha value is -0.710. The van der Waals surface area contributed by atoms with Crippen molar-refractivity contribution in [3.05, 3.63) is 27.7 Å². The summed E-state index contributed by atoms with van der Waals surface area (Å²) in [6, 6.07) is 2.98. The summed E-state index contributed by atoms with van der Waals surface area (Å²) >= 11 is 3.35. The third-order valence-electron chi connectivity index (χ3n) is 4.54. The van der Waals surface area contributed by atoms with E-state index in [9.17, 15) is 18.3 Å². The summed E-state index contributed by atoms with van der Waals surface area (Å²) in [5, 5.41) is 9.91. The molecule has 0 aliphatic heterocycles. The van der Waals surface area contributed by atoms with Gasteiger partial charge in [0, 0.05) is 10.0 Å². The number of hydrogen-bond donors (Lipinski definition) is 1. The highest BCUT2D eigenvalue weighted by Crippen LogP contribution is 2.62. The molecule has 0 atom stereocenters. The lowest BCUT2D eigenvalue weighted by Crippen LogP contribution is -2.29. The van der Waals surface area contributed by atoms with Gasteiger partial charge in [-0.1, -0.05) is 22.9 Å². The molecule has 2 aliphatic rings. The number of phenolic OH excluding ortho intramolecular Hbond substituents is 1. The molecule has 0 amide bonds. The molecule has 3 rings (SSSR count). The predicted molar refractivity (Wildman–Crippen MR) is 69.4 cm³/mol. The Morgan fingerprint density at radius 1 is 1.11 bits per heavy atom. The van der Waals surface area contributed by atoms with Gasteiger partial charge in [0.1, 0.15) is 5.75 Å². The lowest BCUT2D eigenvalue weighted by atomic mass is 9.88. The average molecular weight is 335 g/mol. The number of halogens is 4. The highest BCUT2D eigenvalue weighted by molar-refractivity contribution is 9.10. The van der Waals surface area contributed by atoms with E-state index < -0.39 is 11.6 Å². The molecule has 1 N–H and O–H groups in total. The average Bonchev–Trinajstić information content (AvgIpc) is 3.13. The molecule has 0 unspecified atom stereocenters. The van der Waals surface area contributed by atoms with E-state index in [0.29, 0.717) is 4.47 Å². The zero-order chi connectivity index (χ0) is 14.1. The lowest BCUT2D eigenvalue weighted by Gasteiger charge is -2.23. The van der Waals surface area contributed by atoms with Crippen LogP contribution in [0.2, 0.25) is 0 Å². The zero-order valence-corrected chi connectivity index (χ0v) is 12.0. The van der Waals surface area contributed by atoms with Gasteiger partial charge in [-0.15, -0.1) is 0 Å². The molecule has 1 aromatic carbocycles. The minimum absolute atomic E-state index is 0.0387. The van der Waals surface area contributed by atoms with E-state index in [1.165, 1.54) is 6.07 Å². The number of aromatic hydroxyl groups is 1. The summed E-state index contributed by atoms with van der Waals surface area (Å²) in [5.41, 5.74) is -0.928. The standard InChI is InChI=1S/C14H14BrF3O/c1-12(2-3-12)8-6-9(11(19)7-10(8)15)13(4-5-13)14(16,17)18/h6-7,19H,2-5H2,1H3. The van der Waals surface area contributed by atoms with Gasteiger partial charge in [-0.05, 0) is 48.8 Å². The summed E-state index contributed by atoms with van der Waals surface area (Å²) in [5.74, 6) is -0.255. The van der Waals surface area contributed by atoms with Crippen LogP contribution >= 0.6 is 15.9 Å². The molecule has 5 heteroatoms. The summed E-state index contributed by atoms with van der Waals surface area (Å²) in [6.45, 7) is 2.04. The minimum atomic E-state index is -4.29. The first-order valence-corrected chi connectivity index (χ1v) is 7.09. The quantitative estimate of drug-likeness (QED) is 0.823. The molecule has 0 bridgehead atoms. The van der Waals surface area contributed by atoms with Crippen LogP contribution in [0.5, 0.6) is 5.75 Å². The van der Waals surface area contributed by atoms with Gasteiger partial charge in [0.25, 0.3) is 0 Å². The van der Waals surface area contributed by atoms with Crippen LogP contribution in [-0.4, -0.2) is 11.3 Å². The highest BCUT2D eigenvalue weighted by atomic mass is 79.9. The number of hydrogen-bond acceptors (Lipinski definition) is 1. The van der Waals surface area contributed by atoms with Crippen LogP contribution < -0.4 is 0 Å². The summed E-state index contributed by atoms with van der Waals surface area (Å²) in [6.07, 6.45) is -2.19. The second-order valence-electron chi connectivity index (χ2n) is 5.99. The van der Waals surface area contributed by atoms with Gasteiger partial charge in [0.2, 0.25) is 0 Å².